The molecule has 3 rings (SSSR count). The van der Waals surface area contributed by atoms with E-state index in [4.69, 9.17) is 5.73 Å². The Kier molecular flexibility index (Phi) is 3.97. The van der Waals surface area contributed by atoms with E-state index in [9.17, 15) is 10.1 Å². The lowest BCUT2D eigenvalue weighted by Gasteiger charge is -2.11. The Morgan fingerprint density at radius 3 is 2.58 bits per heavy atom. The van der Waals surface area contributed by atoms with Crippen molar-refractivity contribution in [3.63, 3.8) is 0 Å². The van der Waals surface area contributed by atoms with Crippen LogP contribution in [0.1, 0.15) is 35.0 Å². The largest absolute Gasteiger partial charge is 0.384 e. The van der Waals surface area contributed by atoms with E-state index in [0.717, 1.165) is 27.5 Å². The zero-order chi connectivity index (χ0) is 17.3. The molecule has 5 heteroatoms. The van der Waals surface area contributed by atoms with Gasteiger partial charge >= 0.3 is 0 Å². The van der Waals surface area contributed by atoms with E-state index < -0.39 is 0 Å². The van der Waals surface area contributed by atoms with Crippen LogP contribution in [0.3, 0.4) is 0 Å². The van der Waals surface area contributed by atoms with Crippen molar-refractivity contribution in [1.82, 2.24) is 9.97 Å². The van der Waals surface area contributed by atoms with Gasteiger partial charge in [-0.1, -0.05) is 6.92 Å². The number of nitriles is 1. The number of carbonyl (C=O) groups is 1. The van der Waals surface area contributed by atoms with E-state index in [1.54, 1.807) is 30.6 Å². The number of carbonyl (C=O) groups excluding carboxylic acids is 1. The van der Waals surface area contributed by atoms with Crippen LogP contribution >= 0.6 is 0 Å². The molecule has 24 heavy (non-hydrogen) atoms. The summed E-state index contributed by atoms with van der Waals surface area (Å²) < 4.78 is 0. The van der Waals surface area contributed by atoms with Crippen LogP contribution in [0.25, 0.3) is 21.9 Å². The van der Waals surface area contributed by atoms with Crippen molar-refractivity contribution in [3.8, 4) is 17.2 Å². The highest BCUT2D eigenvalue weighted by atomic mass is 16.1. The summed E-state index contributed by atoms with van der Waals surface area (Å²) in [6.45, 7) is 3.72. The molecule has 0 bridgehead atoms. The summed E-state index contributed by atoms with van der Waals surface area (Å²) >= 11 is 0. The minimum Gasteiger partial charge on any atom is -0.384 e. The number of nitrogens with zero attached hydrogens (tertiary/aromatic N) is 3. The summed E-state index contributed by atoms with van der Waals surface area (Å²) in [5.41, 5.74) is 9.21. The van der Waals surface area contributed by atoms with Crippen molar-refractivity contribution in [2.24, 2.45) is 0 Å². The predicted octanol–water partition coefficient (Wildman–Crippen LogP) is 3.65. The van der Waals surface area contributed by atoms with Crippen LogP contribution in [0.5, 0.6) is 0 Å². The Balaban J connectivity index is 2.20. The van der Waals surface area contributed by atoms with E-state index in [2.05, 4.69) is 16.0 Å². The molecule has 0 aliphatic heterocycles. The lowest BCUT2D eigenvalue weighted by molar-refractivity contribution is 0.0983. The van der Waals surface area contributed by atoms with Crippen molar-refractivity contribution in [1.29, 1.82) is 5.26 Å². The lowest BCUT2D eigenvalue weighted by atomic mass is 9.94. The lowest BCUT2D eigenvalue weighted by Crippen LogP contribution is -2.02. The second kappa shape index (κ2) is 6.09. The third-order valence-electron chi connectivity index (χ3n) is 4.01. The molecule has 3 aromatic rings. The number of pyridine rings is 2. The molecular formula is C19H16N4O. The Labute approximate surface area is 139 Å². The number of nitrogen functional groups attached to an aromatic ring is 1. The van der Waals surface area contributed by atoms with Crippen LogP contribution in [0.2, 0.25) is 0 Å². The fourth-order valence-corrected chi connectivity index (χ4v) is 2.70. The van der Waals surface area contributed by atoms with Crippen LogP contribution < -0.4 is 5.73 Å². The summed E-state index contributed by atoms with van der Waals surface area (Å²) in [6.07, 6.45) is 3.76. The monoisotopic (exact) mass is 316 g/mol. The average Bonchev–Trinajstić information content (AvgIpc) is 2.59. The van der Waals surface area contributed by atoms with E-state index in [1.165, 1.54) is 0 Å². The normalized spacial score (nSPS) is 10.5. The highest BCUT2D eigenvalue weighted by Gasteiger charge is 2.13. The molecule has 0 aliphatic carbocycles. The van der Waals surface area contributed by atoms with E-state index in [-0.39, 0.29) is 5.78 Å². The third-order valence-corrected chi connectivity index (χ3v) is 4.01. The van der Waals surface area contributed by atoms with E-state index in [0.29, 0.717) is 23.5 Å². The van der Waals surface area contributed by atoms with Gasteiger partial charge in [0.15, 0.2) is 5.78 Å². The standard InChI is InChI=1S/C19H16N4O/c1-3-18(24)17-4-11(2)16(10-22-17)15-6-14-9-23-19(21)7-12(14)5-13(15)8-20/h4-7,9-10H,3H2,1-2H3,(H2,21,23). The zero-order valence-electron chi connectivity index (χ0n) is 13.5. The second-order valence-corrected chi connectivity index (χ2v) is 5.63. The SMILES string of the molecule is CCC(=O)c1cc(C)c(-c2cc3cnc(N)cc3cc2C#N)cn1. The van der Waals surface area contributed by atoms with Gasteiger partial charge in [0.1, 0.15) is 11.5 Å². The molecule has 2 N–H and O–H groups in total. The molecule has 2 aromatic heterocycles. The van der Waals surface area contributed by atoms with Gasteiger partial charge in [-0.05, 0) is 42.1 Å². The van der Waals surface area contributed by atoms with Gasteiger partial charge in [-0.3, -0.25) is 9.78 Å². The third kappa shape index (κ3) is 2.70. The molecule has 0 unspecified atom stereocenters. The number of aryl methyl sites for hydroxylation is 1. The Morgan fingerprint density at radius 2 is 1.92 bits per heavy atom. The molecule has 0 saturated carbocycles. The molecule has 0 amide bonds. The van der Waals surface area contributed by atoms with Gasteiger partial charge < -0.3 is 5.73 Å². The molecule has 0 fully saturated rings. The van der Waals surface area contributed by atoms with Crippen LogP contribution in [0.15, 0.2) is 36.7 Å². The van der Waals surface area contributed by atoms with Gasteiger partial charge in [-0.25, -0.2) is 4.98 Å². The Hall–Kier alpha value is -3.26. The smallest absolute Gasteiger partial charge is 0.180 e. The number of nitrogens with two attached hydrogens (primary N) is 1. The minimum absolute atomic E-state index is 0.00310. The maximum absolute atomic E-state index is 11.8. The number of benzene rings is 1. The van der Waals surface area contributed by atoms with Crippen molar-refractivity contribution in [3.05, 3.63) is 53.5 Å². The topological polar surface area (TPSA) is 92.7 Å². The van der Waals surface area contributed by atoms with Crippen LogP contribution in [-0.2, 0) is 0 Å². The van der Waals surface area contributed by atoms with Crippen LogP contribution in [0, 0.1) is 18.3 Å². The number of Topliss-reactive ketones (excluding diaryl/α,β-unsaturated/α-hetero) is 1. The summed E-state index contributed by atoms with van der Waals surface area (Å²) in [7, 11) is 0. The number of fused-ring (bicyclic) bond motifs is 1. The molecule has 0 spiro atoms. The Bertz CT molecular complexity index is 1000. The van der Waals surface area contributed by atoms with Gasteiger partial charge in [0.25, 0.3) is 0 Å². The zero-order valence-corrected chi connectivity index (χ0v) is 13.5. The summed E-state index contributed by atoms with van der Waals surface area (Å²) in [6, 6.07) is 9.45. The van der Waals surface area contributed by atoms with Gasteiger partial charge in [0, 0.05) is 35.3 Å². The highest BCUT2D eigenvalue weighted by molar-refractivity contribution is 5.95. The van der Waals surface area contributed by atoms with Gasteiger partial charge in [-0.15, -0.1) is 0 Å². The van der Waals surface area contributed by atoms with Crippen molar-refractivity contribution in [2.75, 3.05) is 5.73 Å². The fraction of sp³-hybridized carbons (Fsp3) is 0.158. The number of ketones is 1. The van der Waals surface area contributed by atoms with Gasteiger partial charge in [-0.2, -0.15) is 5.26 Å². The van der Waals surface area contributed by atoms with Gasteiger partial charge in [0.05, 0.1) is 11.6 Å². The molecule has 2 heterocycles. The quantitative estimate of drug-likeness (QED) is 0.744. The molecule has 0 atom stereocenters. The number of anilines is 1. The highest BCUT2D eigenvalue weighted by Crippen LogP contribution is 2.31. The van der Waals surface area contributed by atoms with Crippen molar-refractivity contribution < 1.29 is 4.79 Å². The number of aromatic nitrogens is 2. The maximum atomic E-state index is 11.8. The first-order chi connectivity index (χ1) is 11.5. The molecule has 0 aliphatic rings. The first kappa shape index (κ1) is 15.6. The molecule has 118 valence electrons. The number of rotatable bonds is 3. The average molecular weight is 316 g/mol. The summed E-state index contributed by atoms with van der Waals surface area (Å²) in [5.74, 6) is 0.419. The van der Waals surface area contributed by atoms with Crippen molar-refractivity contribution >= 4 is 22.4 Å². The second-order valence-electron chi connectivity index (χ2n) is 5.63. The first-order valence-corrected chi connectivity index (χ1v) is 7.63. The molecule has 0 radical (unpaired) electrons. The van der Waals surface area contributed by atoms with Crippen molar-refractivity contribution in [2.45, 2.75) is 20.3 Å². The van der Waals surface area contributed by atoms with E-state index >= 15 is 0 Å². The minimum atomic E-state index is 0.00310. The summed E-state index contributed by atoms with van der Waals surface area (Å²) in [4.78, 5) is 20.2. The van der Waals surface area contributed by atoms with Crippen LogP contribution in [0.4, 0.5) is 5.82 Å². The summed E-state index contributed by atoms with van der Waals surface area (Å²) in [5, 5.41) is 11.3. The molecule has 0 saturated heterocycles. The molecule has 5 nitrogen and oxygen atoms in total. The fourth-order valence-electron chi connectivity index (χ4n) is 2.70. The number of hydrogen-bond acceptors (Lipinski definition) is 5. The maximum Gasteiger partial charge on any atom is 0.180 e. The van der Waals surface area contributed by atoms with E-state index in [1.807, 2.05) is 19.9 Å². The van der Waals surface area contributed by atoms with Gasteiger partial charge in [0.2, 0.25) is 0 Å². The van der Waals surface area contributed by atoms with Crippen LogP contribution in [-0.4, -0.2) is 15.8 Å². The molecular weight excluding hydrogens is 300 g/mol. The first-order valence-electron chi connectivity index (χ1n) is 7.63. The predicted molar refractivity (Wildman–Crippen MR) is 93.5 cm³/mol. The number of hydrogen-bond donors (Lipinski definition) is 1. The Morgan fingerprint density at radius 1 is 1.12 bits per heavy atom. The molecule has 1 aromatic carbocycles.